The maximum atomic E-state index is 11.3. The van der Waals surface area contributed by atoms with Crippen molar-refractivity contribution in [2.45, 2.75) is 66.0 Å². The summed E-state index contributed by atoms with van der Waals surface area (Å²) in [6, 6.07) is 0. The van der Waals surface area contributed by atoms with E-state index in [1.807, 2.05) is 48.5 Å². The first kappa shape index (κ1) is 17.2. The van der Waals surface area contributed by atoms with Gasteiger partial charge < -0.3 is 19.5 Å². The molecule has 0 radical (unpaired) electrons. The number of hydrogen-bond donors (Lipinski definition) is 1. The van der Waals surface area contributed by atoms with Crippen LogP contribution in [0.2, 0.25) is 0 Å². The maximum absolute atomic E-state index is 11.3. The second-order valence-corrected chi connectivity index (χ2v) is 5.33. The number of rotatable bonds is 2. The number of hydrogen-bond acceptors (Lipinski definition) is 4. The van der Waals surface area contributed by atoms with E-state index in [4.69, 9.17) is 14.2 Å². The van der Waals surface area contributed by atoms with Gasteiger partial charge in [0.2, 0.25) is 0 Å². The second kappa shape index (κ2) is 6.95. The van der Waals surface area contributed by atoms with Gasteiger partial charge in [-0.1, -0.05) is 13.8 Å². The molecule has 0 saturated carbocycles. The highest BCUT2D eigenvalue weighted by molar-refractivity contribution is 5.67. The summed E-state index contributed by atoms with van der Waals surface area (Å²) >= 11 is 0. The Hall–Kier alpha value is -0.810. The standard InChI is InChI=1S/C11H21NO4.C2H6.H2/c1-10(2,3)16-9(13)12-6-8-7-14-11(4,5)15-8;1-2;/h8H,6-7H2,1-5H3,(H,12,13);1-2H3;1H/t8-;;/m1../s1. The summed E-state index contributed by atoms with van der Waals surface area (Å²) in [4.78, 5) is 11.3. The van der Waals surface area contributed by atoms with Gasteiger partial charge in [0.25, 0.3) is 0 Å². The van der Waals surface area contributed by atoms with E-state index in [2.05, 4.69) is 5.32 Å². The second-order valence-electron chi connectivity index (χ2n) is 5.33. The molecule has 1 fully saturated rings. The van der Waals surface area contributed by atoms with Crippen LogP contribution < -0.4 is 5.32 Å². The van der Waals surface area contributed by atoms with Crippen LogP contribution in [-0.4, -0.2) is 36.7 Å². The van der Waals surface area contributed by atoms with Gasteiger partial charge >= 0.3 is 6.09 Å². The molecule has 1 rings (SSSR count). The normalized spacial score (nSPS) is 21.8. The van der Waals surface area contributed by atoms with Crippen LogP contribution in [0.1, 0.15) is 49.9 Å². The summed E-state index contributed by atoms with van der Waals surface area (Å²) in [6.07, 6.45) is -0.539. The van der Waals surface area contributed by atoms with Gasteiger partial charge in [-0.05, 0) is 34.6 Å². The first-order valence-electron chi connectivity index (χ1n) is 6.47. The Morgan fingerprint density at radius 3 is 2.39 bits per heavy atom. The van der Waals surface area contributed by atoms with Crippen LogP contribution in [0.3, 0.4) is 0 Å². The van der Waals surface area contributed by atoms with E-state index in [0.29, 0.717) is 13.2 Å². The fourth-order valence-corrected chi connectivity index (χ4v) is 1.37. The van der Waals surface area contributed by atoms with E-state index in [0.717, 1.165) is 0 Å². The summed E-state index contributed by atoms with van der Waals surface area (Å²) in [5.74, 6) is -0.555. The summed E-state index contributed by atoms with van der Waals surface area (Å²) in [5.41, 5.74) is -0.476. The molecule has 0 aromatic carbocycles. The van der Waals surface area contributed by atoms with E-state index in [-0.39, 0.29) is 7.53 Å². The highest BCUT2D eigenvalue weighted by Gasteiger charge is 2.32. The lowest BCUT2D eigenvalue weighted by Gasteiger charge is -2.21. The van der Waals surface area contributed by atoms with Crippen molar-refractivity contribution in [3.05, 3.63) is 0 Å². The van der Waals surface area contributed by atoms with Gasteiger partial charge in [-0.2, -0.15) is 0 Å². The average molecular weight is 263 g/mol. The van der Waals surface area contributed by atoms with Crippen LogP contribution >= 0.6 is 0 Å². The van der Waals surface area contributed by atoms with E-state index < -0.39 is 17.5 Å². The Balaban J connectivity index is 0. The Labute approximate surface area is 112 Å². The molecule has 0 bridgehead atoms. The van der Waals surface area contributed by atoms with Gasteiger partial charge in [-0.25, -0.2) is 4.79 Å². The van der Waals surface area contributed by atoms with Gasteiger partial charge in [-0.15, -0.1) is 0 Å². The zero-order chi connectivity index (χ0) is 14.4. The number of ether oxygens (including phenoxy) is 3. The molecule has 110 valence electrons. The molecule has 5 heteroatoms. The van der Waals surface area contributed by atoms with E-state index >= 15 is 0 Å². The van der Waals surface area contributed by atoms with Crippen LogP contribution in [0.4, 0.5) is 4.79 Å². The minimum Gasteiger partial charge on any atom is -0.444 e. The molecule has 1 aliphatic heterocycles. The highest BCUT2D eigenvalue weighted by atomic mass is 16.7. The number of nitrogens with one attached hydrogen (secondary N) is 1. The van der Waals surface area contributed by atoms with Crippen molar-refractivity contribution in [2.24, 2.45) is 0 Å². The molecular formula is C13H29NO4. The summed E-state index contributed by atoms with van der Waals surface area (Å²) in [6.45, 7) is 14.1. The van der Waals surface area contributed by atoms with E-state index in [1.54, 1.807) is 0 Å². The molecule has 1 aliphatic rings. The molecular weight excluding hydrogens is 234 g/mol. The predicted molar refractivity (Wildman–Crippen MR) is 72.6 cm³/mol. The fraction of sp³-hybridized carbons (Fsp3) is 0.923. The lowest BCUT2D eigenvalue weighted by atomic mass is 10.2. The van der Waals surface area contributed by atoms with Gasteiger partial charge in [0.05, 0.1) is 6.61 Å². The van der Waals surface area contributed by atoms with Crippen molar-refractivity contribution in [1.82, 2.24) is 5.32 Å². The van der Waals surface area contributed by atoms with Crippen LogP contribution in [-0.2, 0) is 14.2 Å². The first-order chi connectivity index (χ1) is 8.18. The summed E-state index contributed by atoms with van der Waals surface area (Å²) in [7, 11) is 0. The molecule has 18 heavy (non-hydrogen) atoms. The SMILES string of the molecule is CC.CC(C)(C)OC(=O)NC[C@@H]1COC(C)(C)O1.[HH]. The topological polar surface area (TPSA) is 56.8 Å². The third-order valence-corrected chi connectivity index (χ3v) is 1.94. The predicted octanol–water partition coefficient (Wildman–Crippen LogP) is 2.93. The Morgan fingerprint density at radius 1 is 1.44 bits per heavy atom. The van der Waals surface area contributed by atoms with Gasteiger partial charge in [0.15, 0.2) is 5.79 Å². The largest absolute Gasteiger partial charge is 0.444 e. The molecule has 0 aliphatic carbocycles. The van der Waals surface area contributed by atoms with Crippen LogP contribution in [0, 0.1) is 0 Å². The van der Waals surface area contributed by atoms with Crippen molar-refractivity contribution < 1.29 is 20.4 Å². The van der Waals surface area contributed by atoms with E-state index in [1.165, 1.54) is 0 Å². The molecule has 1 saturated heterocycles. The first-order valence-corrected chi connectivity index (χ1v) is 6.47. The van der Waals surface area contributed by atoms with Crippen molar-refractivity contribution in [3.63, 3.8) is 0 Å². The molecule has 0 aromatic heterocycles. The maximum Gasteiger partial charge on any atom is 0.407 e. The monoisotopic (exact) mass is 263 g/mol. The minimum atomic E-state index is -0.555. The molecule has 0 aromatic rings. The molecule has 1 heterocycles. The Kier molecular flexibility index (Phi) is 6.63. The number of alkyl carbamates (subject to hydrolysis) is 1. The smallest absolute Gasteiger partial charge is 0.407 e. The zero-order valence-corrected chi connectivity index (χ0v) is 12.6. The molecule has 1 atom stereocenters. The third-order valence-electron chi connectivity index (χ3n) is 1.94. The number of carbonyl (C=O) groups excluding carboxylic acids is 1. The summed E-state index contributed by atoms with van der Waals surface area (Å²) < 4.78 is 16.0. The molecule has 0 unspecified atom stereocenters. The number of amides is 1. The number of carbonyl (C=O) groups is 1. The minimum absolute atomic E-state index is 0. The van der Waals surface area contributed by atoms with Gasteiger partial charge in [-0.3, -0.25) is 0 Å². The zero-order valence-electron chi connectivity index (χ0n) is 12.6. The Morgan fingerprint density at radius 2 is 2.00 bits per heavy atom. The summed E-state index contributed by atoms with van der Waals surface area (Å²) in [5, 5.41) is 2.65. The highest BCUT2D eigenvalue weighted by Crippen LogP contribution is 2.21. The molecule has 0 spiro atoms. The molecule has 1 N–H and O–H groups in total. The van der Waals surface area contributed by atoms with Crippen LogP contribution in [0.5, 0.6) is 0 Å². The van der Waals surface area contributed by atoms with E-state index in [9.17, 15) is 4.79 Å². The van der Waals surface area contributed by atoms with Crippen molar-refractivity contribution in [2.75, 3.05) is 13.2 Å². The lowest BCUT2D eigenvalue weighted by molar-refractivity contribution is -0.137. The third kappa shape index (κ3) is 7.50. The van der Waals surface area contributed by atoms with Crippen molar-refractivity contribution in [1.29, 1.82) is 0 Å². The van der Waals surface area contributed by atoms with Gasteiger partial charge in [0.1, 0.15) is 11.7 Å². The quantitative estimate of drug-likeness (QED) is 0.832. The molecule has 1 amide bonds. The molecule has 5 nitrogen and oxygen atoms in total. The van der Waals surface area contributed by atoms with Crippen molar-refractivity contribution in [3.8, 4) is 0 Å². The van der Waals surface area contributed by atoms with Crippen molar-refractivity contribution >= 4 is 6.09 Å². The van der Waals surface area contributed by atoms with Crippen LogP contribution in [0.25, 0.3) is 0 Å². The van der Waals surface area contributed by atoms with Gasteiger partial charge in [0, 0.05) is 7.97 Å². The fourth-order valence-electron chi connectivity index (χ4n) is 1.37. The Bertz CT molecular complexity index is 264. The average Bonchev–Trinajstić information content (AvgIpc) is 2.56. The lowest BCUT2D eigenvalue weighted by Crippen LogP contribution is -2.38. The van der Waals surface area contributed by atoms with Crippen LogP contribution in [0.15, 0.2) is 0 Å².